The number of para-hydroxylation sites is 1. The number of benzene rings is 3. The fourth-order valence-electron chi connectivity index (χ4n) is 3.26. The van der Waals surface area contributed by atoms with E-state index in [-0.39, 0.29) is 6.03 Å². The van der Waals surface area contributed by atoms with Gasteiger partial charge in [-0.1, -0.05) is 61.5 Å². The molecule has 6 nitrogen and oxygen atoms in total. The summed E-state index contributed by atoms with van der Waals surface area (Å²) in [5.74, 6) is 1.66. The van der Waals surface area contributed by atoms with Crippen LogP contribution in [0.4, 0.5) is 10.5 Å². The number of nitrogens with one attached hydrogen (secondary N) is 1. The summed E-state index contributed by atoms with van der Waals surface area (Å²) >= 11 is 0. The largest absolute Gasteiger partial charge is 0.497 e. The molecule has 0 aliphatic rings. The van der Waals surface area contributed by atoms with Crippen molar-refractivity contribution in [2.45, 2.75) is 13.3 Å². The van der Waals surface area contributed by atoms with E-state index in [0.29, 0.717) is 23.1 Å². The van der Waals surface area contributed by atoms with E-state index < -0.39 is 0 Å². The van der Waals surface area contributed by atoms with E-state index in [1.165, 1.54) is 4.68 Å². The lowest BCUT2D eigenvalue weighted by molar-refractivity contribution is 0.251. The van der Waals surface area contributed by atoms with Gasteiger partial charge in [-0.2, -0.15) is 4.68 Å². The zero-order valence-corrected chi connectivity index (χ0v) is 16.9. The molecule has 0 aliphatic carbocycles. The molecule has 4 rings (SSSR count). The van der Waals surface area contributed by atoms with Crippen molar-refractivity contribution >= 4 is 11.7 Å². The van der Waals surface area contributed by atoms with Crippen molar-refractivity contribution in [2.75, 3.05) is 12.4 Å². The van der Waals surface area contributed by atoms with Crippen molar-refractivity contribution in [2.24, 2.45) is 0 Å². The topological polar surface area (TPSA) is 69.0 Å². The molecule has 3 aromatic carbocycles. The van der Waals surface area contributed by atoms with Crippen LogP contribution < -0.4 is 10.1 Å². The molecule has 4 aromatic rings. The zero-order valence-electron chi connectivity index (χ0n) is 16.9. The Labute approximate surface area is 175 Å². The van der Waals surface area contributed by atoms with E-state index in [9.17, 15) is 4.79 Å². The van der Waals surface area contributed by atoms with Gasteiger partial charge in [0.1, 0.15) is 5.75 Å². The Morgan fingerprint density at radius 2 is 1.77 bits per heavy atom. The Bertz CT molecular complexity index is 1170. The van der Waals surface area contributed by atoms with Crippen LogP contribution in [-0.2, 0) is 6.42 Å². The number of ether oxygens (including phenoxy) is 1. The Balaban J connectivity index is 1.82. The minimum absolute atomic E-state index is 0.372. The van der Waals surface area contributed by atoms with Gasteiger partial charge in [0.25, 0.3) is 0 Å². The molecular formula is C24H22N4O2. The maximum Gasteiger partial charge on any atom is 0.348 e. The van der Waals surface area contributed by atoms with Crippen LogP contribution in [0.15, 0.2) is 78.9 Å². The zero-order chi connectivity index (χ0) is 20.9. The third-order valence-electron chi connectivity index (χ3n) is 4.79. The van der Waals surface area contributed by atoms with Crippen LogP contribution in [0.1, 0.15) is 12.5 Å². The van der Waals surface area contributed by atoms with Gasteiger partial charge in [-0.25, -0.2) is 9.78 Å². The summed E-state index contributed by atoms with van der Waals surface area (Å²) in [5, 5.41) is 7.43. The van der Waals surface area contributed by atoms with Crippen molar-refractivity contribution in [1.29, 1.82) is 0 Å². The lowest BCUT2D eigenvalue weighted by Gasteiger charge is -2.09. The predicted octanol–water partition coefficient (Wildman–Crippen LogP) is 5.26. The number of amides is 1. The van der Waals surface area contributed by atoms with E-state index in [1.54, 1.807) is 7.11 Å². The molecule has 0 aliphatic heterocycles. The molecule has 6 heteroatoms. The molecule has 1 amide bonds. The number of carbonyl (C=O) groups is 1. The first-order chi connectivity index (χ1) is 14.7. The van der Waals surface area contributed by atoms with Crippen molar-refractivity contribution in [3.05, 3.63) is 84.4 Å². The first-order valence-electron chi connectivity index (χ1n) is 9.75. The van der Waals surface area contributed by atoms with Gasteiger partial charge in [0.15, 0.2) is 11.6 Å². The van der Waals surface area contributed by atoms with Crippen LogP contribution in [0.3, 0.4) is 0 Å². The summed E-state index contributed by atoms with van der Waals surface area (Å²) in [6.07, 6.45) is 0.817. The molecule has 30 heavy (non-hydrogen) atoms. The fourth-order valence-corrected chi connectivity index (χ4v) is 3.26. The highest BCUT2D eigenvalue weighted by Crippen LogP contribution is 2.27. The SMILES string of the molecule is CCc1ccccc1-c1nc(-c2cccc(OC)c2)nn1C(=O)Nc1ccccc1. The summed E-state index contributed by atoms with van der Waals surface area (Å²) in [5.41, 5.74) is 3.44. The third kappa shape index (κ3) is 3.93. The molecule has 0 saturated heterocycles. The van der Waals surface area contributed by atoms with Crippen LogP contribution in [0.25, 0.3) is 22.8 Å². The van der Waals surface area contributed by atoms with Crippen molar-refractivity contribution < 1.29 is 9.53 Å². The van der Waals surface area contributed by atoms with E-state index in [2.05, 4.69) is 17.3 Å². The first-order valence-corrected chi connectivity index (χ1v) is 9.75. The molecule has 150 valence electrons. The average Bonchev–Trinajstić information content (AvgIpc) is 3.25. The van der Waals surface area contributed by atoms with Gasteiger partial charge >= 0.3 is 6.03 Å². The number of carbonyl (C=O) groups excluding carboxylic acids is 1. The summed E-state index contributed by atoms with van der Waals surface area (Å²) in [6.45, 7) is 2.08. The number of nitrogens with zero attached hydrogens (tertiary/aromatic N) is 3. The number of methoxy groups -OCH3 is 1. The van der Waals surface area contributed by atoms with Crippen LogP contribution in [0, 0.1) is 0 Å². The van der Waals surface area contributed by atoms with Crippen molar-refractivity contribution in [1.82, 2.24) is 14.8 Å². The van der Waals surface area contributed by atoms with Gasteiger partial charge in [0.2, 0.25) is 0 Å². The first kappa shape index (κ1) is 19.4. The van der Waals surface area contributed by atoms with Gasteiger partial charge in [0.05, 0.1) is 7.11 Å². The van der Waals surface area contributed by atoms with Crippen LogP contribution >= 0.6 is 0 Å². The molecule has 0 bridgehead atoms. The quantitative estimate of drug-likeness (QED) is 0.498. The number of rotatable bonds is 5. The van der Waals surface area contributed by atoms with Crippen LogP contribution in [-0.4, -0.2) is 27.9 Å². The maximum absolute atomic E-state index is 13.1. The molecule has 0 spiro atoms. The molecule has 0 fully saturated rings. The summed E-state index contributed by atoms with van der Waals surface area (Å²) in [6, 6.07) is 24.3. The summed E-state index contributed by atoms with van der Waals surface area (Å²) in [7, 11) is 1.61. The van der Waals surface area contributed by atoms with Gasteiger partial charge in [-0.05, 0) is 36.2 Å². The summed E-state index contributed by atoms with van der Waals surface area (Å²) in [4.78, 5) is 17.8. The minimum atomic E-state index is -0.372. The summed E-state index contributed by atoms with van der Waals surface area (Å²) < 4.78 is 6.65. The Hall–Kier alpha value is -3.93. The van der Waals surface area contributed by atoms with E-state index in [4.69, 9.17) is 9.72 Å². The van der Waals surface area contributed by atoms with Crippen LogP contribution in [0.2, 0.25) is 0 Å². The highest BCUT2D eigenvalue weighted by Gasteiger charge is 2.20. The van der Waals surface area contributed by atoms with Gasteiger partial charge in [-0.3, -0.25) is 0 Å². The number of aromatic nitrogens is 3. The second-order valence-electron chi connectivity index (χ2n) is 6.71. The second kappa shape index (κ2) is 8.61. The molecule has 1 heterocycles. The van der Waals surface area contributed by atoms with Crippen LogP contribution in [0.5, 0.6) is 5.75 Å². The molecule has 0 saturated carbocycles. The minimum Gasteiger partial charge on any atom is -0.497 e. The fraction of sp³-hybridized carbons (Fsp3) is 0.125. The average molecular weight is 398 g/mol. The molecule has 0 radical (unpaired) electrons. The molecule has 1 aromatic heterocycles. The molecule has 0 unspecified atom stereocenters. The number of aryl methyl sites for hydroxylation is 1. The van der Waals surface area contributed by atoms with Crippen molar-refractivity contribution in [3.63, 3.8) is 0 Å². The lowest BCUT2D eigenvalue weighted by Crippen LogP contribution is -2.22. The van der Waals surface area contributed by atoms with Gasteiger partial charge in [-0.15, -0.1) is 5.10 Å². The Morgan fingerprint density at radius 3 is 2.53 bits per heavy atom. The predicted molar refractivity (Wildman–Crippen MR) is 118 cm³/mol. The molecular weight excluding hydrogens is 376 g/mol. The highest BCUT2D eigenvalue weighted by atomic mass is 16.5. The monoisotopic (exact) mass is 398 g/mol. The standard InChI is InChI=1S/C24H22N4O2/c1-3-17-10-7-8-15-21(17)23-26-22(18-11-9-14-20(16-18)30-2)27-28(23)24(29)25-19-12-5-4-6-13-19/h4-16H,3H2,1-2H3,(H,25,29). The Morgan fingerprint density at radius 1 is 1.00 bits per heavy atom. The molecule has 1 N–H and O–H groups in total. The highest BCUT2D eigenvalue weighted by molar-refractivity contribution is 5.93. The maximum atomic E-state index is 13.1. The van der Waals surface area contributed by atoms with Gasteiger partial charge < -0.3 is 10.1 Å². The number of hydrogen-bond donors (Lipinski definition) is 1. The number of anilines is 1. The van der Waals surface area contributed by atoms with E-state index >= 15 is 0 Å². The van der Waals surface area contributed by atoms with E-state index in [0.717, 1.165) is 23.1 Å². The Kier molecular flexibility index (Phi) is 5.57. The van der Waals surface area contributed by atoms with Crippen molar-refractivity contribution in [3.8, 4) is 28.5 Å². The van der Waals surface area contributed by atoms with E-state index in [1.807, 2.05) is 78.9 Å². The normalized spacial score (nSPS) is 10.6. The van der Waals surface area contributed by atoms with Gasteiger partial charge in [0, 0.05) is 16.8 Å². The molecule has 0 atom stereocenters. The third-order valence-corrected chi connectivity index (χ3v) is 4.79. The number of hydrogen-bond acceptors (Lipinski definition) is 4. The lowest BCUT2D eigenvalue weighted by atomic mass is 10.0. The smallest absolute Gasteiger partial charge is 0.348 e. The second-order valence-corrected chi connectivity index (χ2v) is 6.71.